The summed E-state index contributed by atoms with van der Waals surface area (Å²) in [5.74, 6) is 6.03. The Hall–Kier alpha value is -4.71. The number of hydrogen-bond donors (Lipinski definition) is 2. The van der Waals surface area contributed by atoms with Gasteiger partial charge in [0.15, 0.2) is 6.30 Å². The maximum Gasteiger partial charge on any atom is 0.300 e. The molecule has 0 bridgehead atoms. The van der Waals surface area contributed by atoms with Crippen LogP contribution in [0.4, 0.5) is 21.6 Å². The number of carbonyl (C=O) groups excluding carboxylic acids is 1. The van der Waals surface area contributed by atoms with Crippen LogP contribution in [0.3, 0.4) is 0 Å². The second kappa shape index (κ2) is 10.1. The van der Waals surface area contributed by atoms with Gasteiger partial charge in [-0.3, -0.25) is 14.2 Å². The first-order valence-electron chi connectivity index (χ1n) is 10.7. The Kier molecular flexibility index (Phi) is 6.73. The quantitative estimate of drug-likeness (QED) is 0.380. The van der Waals surface area contributed by atoms with Crippen molar-refractivity contribution in [1.82, 2.24) is 14.5 Å². The zero-order valence-electron chi connectivity index (χ0n) is 19.3. The van der Waals surface area contributed by atoms with Crippen molar-refractivity contribution in [3.63, 3.8) is 0 Å². The van der Waals surface area contributed by atoms with Gasteiger partial charge < -0.3 is 15.4 Å². The Morgan fingerprint density at radius 2 is 1.91 bits per heavy atom. The lowest BCUT2D eigenvalue weighted by atomic mass is 10.1. The van der Waals surface area contributed by atoms with Crippen LogP contribution in [0.25, 0.3) is 10.9 Å². The third kappa shape index (κ3) is 5.45. The molecule has 2 aromatic heterocycles. The molecule has 0 saturated carbocycles. The van der Waals surface area contributed by atoms with Gasteiger partial charge in [0, 0.05) is 29.0 Å². The lowest BCUT2D eigenvalue weighted by Gasteiger charge is -2.13. The van der Waals surface area contributed by atoms with Crippen LogP contribution in [0, 0.1) is 18.8 Å². The summed E-state index contributed by atoms with van der Waals surface area (Å²) in [7, 11) is 0. The van der Waals surface area contributed by atoms with Crippen LogP contribution in [0.5, 0.6) is 11.5 Å². The predicted octanol–water partition coefficient (Wildman–Crippen LogP) is 5.09. The molecular weight excluding hydrogens is 449 g/mol. The number of aryl methyl sites for hydroxylation is 1. The molecule has 9 heteroatoms. The number of nitrogens with one attached hydrogen (secondary N) is 2. The van der Waals surface area contributed by atoms with E-state index in [0.717, 1.165) is 21.2 Å². The van der Waals surface area contributed by atoms with Crippen molar-refractivity contribution >= 4 is 34.0 Å². The monoisotopic (exact) mass is 471 g/mol. The normalized spacial score (nSPS) is 11.3. The minimum absolute atomic E-state index is 0.319. The van der Waals surface area contributed by atoms with Crippen molar-refractivity contribution in [3.05, 3.63) is 77.0 Å². The van der Waals surface area contributed by atoms with Gasteiger partial charge in [-0.2, -0.15) is 0 Å². The molecule has 176 valence electrons. The maximum atomic E-state index is 13.4. The van der Waals surface area contributed by atoms with Gasteiger partial charge in [0.05, 0.1) is 5.52 Å². The molecule has 1 atom stereocenters. The first-order valence-corrected chi connectivity index (χ1v) is 10.7. The van der Waals surface area contributed by atoms with Gasteiger partial charge in [0.1, 0.15) is 23.6 Å². The molecule has 4 aromatic rings. The first kappa shape index (κ1) is 23.4. The summed E-state index contributed by atoms with van der Waals surface area (Å²) in [5.41, 5.74) is 2.36. The third-order valence-electron chi connectivity index (χ3n) is 5.10. The number of rotatable bonds is 6. The first-order chi connectivity index (χ1) is 16.8. The Bertz CT molecular complexity index is 1540. The smallest absolute Gasteiger partial charge is 0.300 e. The molecule has 0 fully saturated rings. The molecule has 0 radical (unpaired) electrons. The van der Waals surface area contributed by atoms with E-state index in [1.165, 1.54) is 25.5 Å². The SMILES string of the molecule is CC#CC(=O)Nc1ccc2ncnc(Nc3ccc(Oc4ccn(C(C)F)c(=O)c4)c(C)c3)c2c1. The van der Waals surface area contributed by atoms with E-state index >= 15 is 0 Å². The van der Waals surface area contributed by atoms with E-state index in [2.05, 4.69) is 32.4 Å². The molecule has 1 unspecified atom stereocenters. The van der Waals surface area contributed by atoms with Crippen LogP contribution < -0.4 is 20.9 Å². The number of fused-ring (bicyclic) bond motifs is 1. The minimum atomic E-state index is -1.42. The lowest BCUT2D eigenvalue weighted by Crippen LogP contribution is -2.19. The summed E-state index contributed by atoms with van der Waals surface area (Å²) in [6.45, 7) is 4.75. The molecular formula is C26H22FN5O3. The fourth-order valence-corrected chi connectivity index (χ4v) is 3.44. The van der Waals surface area contributed by atoms with Gasteiger partial charge in [-0.1, -0.05) is 5.92 Å². The summed E-state index contributed by atoms with van der Waals surface area (Å²) < 4.78 is 20.2. The highest BCUT2D eigenvalue weighted by molar-refractivity contribution is 6.05. The van der Waals surface area contributed by atoms with E-state index in [0.29, 0.717) is 28.5 Å². The number of ether oxygens (including phenoxy) is 1. The Morgan fingerprint density at radius 1 is 1.11 bits per heavy atom. The van der Waals surface area contributed by atoms with E-state index < -0.39 is 17.8 Å². The fraction of sp³-hybridized carbons (Fsp3) is 0.154. The number of anilines is 3. The molecule has 0 saturated heterocycles. The third-order valence-corrected chi connectivity index (χ3v) is 5.10. The van der Waals surface area contributed by atoms with Gasteiger partial charge in [-0.25, -0.2) is 14.4 Å². The number of benzene rings is 2. The average Bonchev–Trinajstić information content (AvgIpc) is 2.81. The van der Waals surface area contributed by atoms with E-state index in [-0.39, 0.29) is 0 Å². The molecule has 2 aromatic carbocycles. The standard InChI is InChI=1S/C26H22FN5O3/c1-4-5-24(33)30-19-6-8-22-21(13-19)26(29-15-28-22)31-18-7-9-23(16(2)12-18)35-20-10-11-32(17(3)27)25(34)14-20/h6-15,17H,1-3H3,(H,30,33)(H,28,29,31). The van der Waals surface area contributed by atoms with E-state index in [1.54, 1.807) is 37.3 Å². The number of alkyl halides is 1. The Labute approximate surface area is 200 Å². The van der Waals surface area contributed by atoms with Crippen LogP contribution in [0.2, 0.25) is 0 Å². The lowest BCUT2D eigenvalue weighted by molar-refractivity contribution is -0.111. The molecule has 2 N–H and O–H groups in total. The zero-order chi connectivity index (χ0) is 24.9. The van der Waals surface area contributed by atoms with Crippen LogP contribution in [-0.2, 0) is 4.79 Å². The molecule has 0 aliphatic rings. The summed E-state index contributed by atoms with van der Waals surface area (Å²) in [6, 6.07) is 13.5. The second-order valence-corrected chi connectivity index (χ2v) is 7.67. The van der Waals surface area contributed by atoms with E-state index in [1.807, 2.05) is 19.1 Å². The number of pyridine rings is 1. The molecule has 0 aliphatic carbocycles. The van der Waals surface area contributed by atoms with E-state index in [9.17, 15) is 14.0 Å². The maximum absolute atomic E-state index is 13.4. The van der Waals surface area contributed by atoms with Crippen LogP contribution in [-0.4, -0.2) is 20.4 Å². The van der Waals surface area contributed by atoms with Crippen molar-refractivity contribution in [2.75, 3.05) is 10.6 Å². The topological polar surface area (TPSA) is 98.1 Å². The predicted molar refractivity (Wildman–Crippen MR) is 133 cm³/mol. The highest BCUT2D eigenvalue weighted by Crippen LogP contribution is 2.30. The molecule has 1 amide bonds. The second-order valence-electron chi connectivity index (χ2n) is 7.67. The molecule has 4 rings (SSSR count). The number of carbonyl (C=O) groups is 1. The number of halogens is 1. The van der Waals surface area contributed by atoms with Gasteiger partial charge >= 0.3 is 0 Å². The van der Waals surface area contributed by atoms with Crippen LogP contribution in [0.1, 0.15) is 25.7 Å². The highest BCUT2D eigenvalue weighted by Gasteiger charge is 2.10. The van der Waals surface area contributed by atoms with Crippen molar-refractivity contribution in [2.45, 2.75) is 27.1 Å². The number of aromatic nitrogens is 3. The van der Waals surface area contributed by atoms with Gasteiger partial charge in [-0.15, -0.1) is 0 Å². The van der Waals surface area contributed by atoms with Crippen molar-refractivity contribution in [1.29, 1.82) is 0 Å². The Morgan fingerprint density at radius 3 is 2.63 bits per heavy atom. The van der Waals surface area contributed by atoms with Crippen molar-refractivity contribution < 1.29 is 13.9 Å². The van der Waals surface area contributed by atoms with Crippen LogP contribution >= 0.6 is 0 Å². The molecule has 35 heavy (non-hydrogen) atoms. The summed E-state index contributed by atoms with van der Waals surface area (Å²) in [4.78, 5) is 32.5. The number of nitrogens with zero attached hydrogens (tertiary/aromatic N) is 3. The summed E-state index contributed by atoms with van der Waals surface area (Å²) in [6.07, 6.45) is 1.40. The molecule has 0 aliphatic heterocycles. The minimum Gasteiger partial charge on any atom is -0.457 e. The van der Waals surface area contributed by atoms with Gasteiger partial charge in [-0.05, 0) is 74.7 Å². The highest BCUT2D eigenvalue weighted by atomic mass is 19.1. The summed E-state index contributed by atoms with van der Waals surface area (Å²) >= 11 is 0. The molecule has 8 nitrogen and oxygen atoms in total. The summed E-state index contributed by atoms with van der Waals surface area (Å²) in [5, 5.41) is 6.71. The Balaban J connectivity index is 1.56. The van der Waals surface area contributed by atoms with Crippen LogP contribution in [0.15, 0.2) is 65.8 Å². The zero-order valence-corrected chi connectivity index (χ0v) is 19.3. The average molecular weight is 471 g/mol. The number of hydrogen-bond acceptors (Lipinski definition) is 6. The fourth-order valence-electron chi connectivity index (χ4n) is 3.44. The van der Waals surface area contributed by atoms with Gasteiger partial charge in [0.25, 0.3) is 11.5 Å². The van der Waals surface area contributed by atoms with Crippen molar-refractivity contribution in [2.24, 2.45) is 0 Å². The van der Waals surface area contributed by atoms with Gasteiger partial charge in [0.2, 0.25) is 0 Å². The van der Waals surface area contributed by atoms with E-state index in [4.69, 9.17) is 4.74 Å². The molecule has 0 spiro atoms. The largest absolute Gasteiger partial charge is 0.457 e. The number of amides is 1. The molecule has 2 heterocycles. The van der Waals surface area contributed by atoms with Crippen molar-refractivity contribution in [3.8, 4) is 23.3 Å².